The highest BCUT2D eigenvalue weighted by molar-refractivity contribution is 5.32. The van der Waals surface area contributed by atoms with Crippen LogP contribution in [-0.2, 0) is 6.42 Å². The molecule has 0 aromatic heterocycles. The Labute approximate surface area is 92.7 Å². The summed E-state index contributed by atoms with van der Waals surface area (Å²) < 4.78 is 0. The molecule has 1 aromatic carbocycles. The fraction of sp³-hybridized carbons (Fsp3) is 0.571. The molecule has 2 N–H and O–H groups in total. The third kappa shape index (κ3) is 2.82. The number of rotatable bonds is 4. The van der Waals surface area contributed by atoms with E-state index in [-0.39, 0.29) is 6.04 Å². The van der Waals surface area contributed by atoms with Crippen LogP contribution in [0.2, 0.25) is 0 Å². The molecular weight excluding hydrogens is 182 g/mol. The summed E-state index contributed by atoms with van der Waals surface area (Å²) in [7, 11) is 0. The molecule has 0 heterocycles. The van der Waals surface area contributed by atoms with Crippen LogP contribution in [0, 0.1) is 12.8 Å². The summed E-state index contributed by atoms with van der Waals surface area (Å²) in [5.41, 5.74) is 10.1. The second-order valence-electron chi connectivity index (χ2n) is 4.96. The maximum atomic E-state index is 5.90. The SMILES string of the molecule is Cc1ccc([C@@H](C)N)cc1CCC1CC1. The molecule has 1 atom stereocenters. The van der Waals surface area contributed by atoms with E-state index in [9.17, 15) is 0 Å². The smallest absolute Gasteiger partial charge is 0.0266 e. The van der Waals surface area contributed by atoms with Crippen molar-refractivity contribution in [2.45, 2.75) is 45.6 Å². The maximum Gasteiger partial charge on any atom is 0.0266 e. The van der Waals surface area contributed by atoms with Crippen molar-refractivity contribution in [3.63, 3.8) is 0 Å². The molecule has 1 nitrogen and oxygen atoms in total. The van der Waals surface area contributed by atoms with Crippen LogP contribution in [0.5, 0.6) is 0 Å². The van der Waals surface area contributed by atoms with Crippen LogP contribution in [0.1, 0.15) is 48.9 Å². The lowest BCUT2D eigenvalue weighted by Gasteiger charge is -2.11. The molecule has 1 fully saturated rings. The molecule has 0 amide bonds. The van der Waals surface area contributed by atoms with Gasteiger partial charge in [0.25, 0.3) is 0 Å². The molecule has 2 rings (SSSR count). The fourth-order valence-corrected chi connectivity index (χ4v) is 2.01. The van der Waals surface area contributed by atoms with Gasteiger partial charge in [0.05, 0.1) is 0 Å². The van der Waals surface area contributed by atoms with E-state index in [1.54, 1.807) is 0 Å². The van der Waals surface area contributed by atoms with Crippen LogP contribution in [0.4, 0.5) is 0 Å². The first-order valence-electron chi connectivity index (χ1n) is 6.02. The van der Waals surface area contributed by atoms with Gasteiger partial charge in [-0.3, -0.25) is 0 Å². The van der Waals surface area contributed by atoms with Crippen molar-refractivity contribution in [3.8, 4) is 0 Å². The zero-order chi connectivity index (χ0) is 10.8. The Morgan fingerprint density at radius 1 is 1.40 bits per heavy atom. The van der Waals surface area contributed by atoms with Crippen LogP contribution in [0.3, 0.4) is 0 Å². The highest BCUT2D eigenvalue weighted by Gasteiger charge is 2.20. The van der Waals surface area contributed by atoms with Crippen molar-refractivity contribution in [1.29, 1.82) is 0 Å². The molecule has 0 saturated heterocycles. The summed E-state index contributed by atoms with van der Waals surface area (Å²) in [6.07, 6.45) is 5.50. The lowest BCUT2D eigenvalue weighted by molar-refractivity contribution is 0.721. The highest BCUT2D eigenvalue weighted by Crippen LogP contribution is 2.34. The van der Waals surface area contributed by atoms with Crippen molar-refractivity contribution in [3.05, 3.63) is 34.9 Å². The molecular formula is C14H21N. The molecule has 1 heteroatoms. The number of benzene rings is 1. The topological polar surface area (TPSA) is 26.0 Å². The highest BCUT2D eigenvalue weighted by atomic mass is 14.6. The Bertz CT molecular complexity index is 337. The Morgan fingerprint density at radius 2 is 2.13 bits per heavy atom. The molecule has 1 saturated carbocycles. The predicted octanol–water partition coefficient (Wildman–Crippen LogP) is 3.36. The van der Waals surface area contributed by atoms with Crippen LogP contribution in [0.25, 0.3) is 0 Å². The lowest BCUT2D eigenvalue weighted by atomic mass is 9.97. The molecule has 0 spiro atoms. The molecule has 1 aromatic rings. The number of hydrogen-bond donors (Lipinski definition) is 1. The first-order valence-corrected chi connectivity index (χ1v) is 6.02. The van der Waals surface area contributed by atoms with Gasteiger partial charge in [-0.25, -0.2) is 0 Å². The Balaban J connectivity index is 2.08. The normalized spacial score (nSPS) is 17.8. The van der Waals surface area contributed by atoms with Crippen molar-refractivity contribution < 1.29 is 0 Å². The van der Waals surface area contributed by atoms with Gasteiger partial charge >= 0.3 is 0 Å². The predicted molar refractivity (Wildman–Crippen MR) is 64.8 cm³/mol. The second-order valence-corrected chi connectivity index (χ2v) is 4.96. The number of nitrogens with two attached hydrogens (primary N) is 1. The largest absolute Gasteiger partial charge is 0.324 e. The standard InChI is InChI=1S/C14H21N/c1-10-3-7-14(11(2)15)9-13(10)8-6-12-4-5-12/h3,7,9,11-12H,4-6,8,15H2,1-2H3/t11-/m1/s1. The Hall–Kier alpha value is -0.820. The maximum absolute atomic E-state index is 5.90. The van der Waals surface area contributed by atoms with Crippen molar-refractivity contribution in [2.75, 3.05) is 0 Å². The van der Waals surface area contributed by atoms with Crippen molar-refractivity contribution in [2.24, 2.45) is 11.7 Å². The minimum atomic E-state index is 0.158. The Morgan fingerprint density at radius 3 is 2.73 bits per heavy atom. The monoisotopic (exact) mass is 203 g/mol. The van der Waals surface area contributed by atoms with Gasteiger partial charge in [0.15, 0.2) is 0 Å². The van der Waals surface area contributed by atoms with Gasteiger partial charge in [-0.05, 0) is 49.3 Å². The van der Waals surface area contributed by atoms with Gasteiger partial charge < -0.3 is 5.73 Å². The van der Waals surface area contributed by atoms with Gasteiger partial charge in [0.2, 0.25) is 0 Å². The minimum absolute atomic E-state index is 0.158. The van der Waals surface area contributed by atoms with E-state index in [1.807, 2.05) is 0 Å². The summed E-state index contributed by atoms with van der Waals surface area (Å²) in [5.74, 6) is 1.02. The van der Waals surface area contributed by atoms with E-state index < -0.39 is 0 Å². The molecule has 0 radical (unpaired) electrons. The van der Waals surface area contributed by atoms with E-state index in [2.05, 4.69) is 32.0 Å². The molecule has 1 aliphatic carbocycles. The van der Waals surface area contributed by atoms with Gasteiger partial charge in [-0.15, -0.1) is 0 Å². The van der Waals surface area contributed by atoms with Gasteiger partial charge in [0, 0.05) is 6.04 Å². The molecule has 0 bridgehead atoms. The third-order valence-electron chi connectivity index (χ3n) is 3.42. The average molecular weight is 203 g/mol. The summed E-state index contributed by atoms with van der Waals surface area (Å²) in [4.78, 5) is 0. The summed E-state index contributed by atoms with van der Waals surface area (Å²) >= 11 is 0. The summed E-state index contributed by atoms with van der Waals surface area (Å²) in [6, 6.07) is 6.81. The van der Waals surface area contributed by atoms with Crippen LogP contribution in [0.15, 0.2) is 18.2 Å². The van der Waals surface area contributed by atoms with E-state index in [4.69, 9.17) is 5.73 Å². The lowest BCUT2D eigenvalue weighted by Crippen LogP contribution is -2.06. The molecule has 82 valence electrons. The molecule has 1 aliphatic rings. The summed E-state index contributed by atoms with van der Waals surface area (Å²) in [6.45, 7) is 4.25. The quantitative estimate of drug-likeness (QED) is 0.798. The van der Waals surface area contributed by atoms with E-state index >= 15 is 0 Å². The van der Waals surface area contributed by atoms with E-state index in [0.717, 1.165) is 5.92 Å². The fourth-order valence-electron chi connectivity index (χ4n) is 2.01. The second kappa shape index (κ2) is 4.36. The Kier molecular flexibility index (Phi) is 3.11. The zero-order valence-electron chi connectivity index (χ0n) is 9.79. The number of hydrogen-bond acceptors (Lipinski definition) is 1. The molecule has 15 heavy (non-hydrogen) atoms. The van der Waals surface area contributed by atoms with Gasteiger partial charge in [0.1, 0.15) is 0 Å². The van der Waals surface area contributed by atoms with Crippen molar-refractivity contribution >= 4 is 0 Å². The first-order chi connectivity index (χ1) is 7.16. The van der Waals surface area contributed by atoms with Gasteiger partial charge in [-0.2, -0.15) is 0 Å². The van der Waals surface area contributed by atoms with Crippen LogP contribution < -0.4 is 5.73 Å². The van der Waals surface area contributed by atoms with Crippen LogP contribution >= 0.6 is 0 Å². The first kappa shape index (κ1) is 10.7. The van der Waals surface area contributed by atoms with Crippen LogP contribution in [-0.4, -0.2) is 0 Å². The molecule has 0 unspecified atom stereocenters. The molecule has 0 aliphatic heterocycles. The minimum Gasteiger partial charge on any atom is -0.324 e. The van der Waals surface area contributed by atoms with Crippen molar-refractivity contribution in [1.82, 2.24) is 0 Å². The third-order valence-corrected chi connectivity index (χ3v) is 3.42. The summed E-state index contributed by atoms with van der Waals surface area (Å²) in [5, 5.41) is 0. The van der Waals surface area contributed by atoms with E-state index in [1.165, 1.54) is 42.4 Å². The zero-order valence-corrected chi connectivity index (χ0v) is 9.79. The number of aryl methyl sites for hydroxylation is 2. The average Bonchev–Trinajstić information content (AvgIpc) is 3.00. The van der Waals surface area contributed by atoms with Gasteiger partial charge in [-0.1, -0.05) is 31.0 Å². The van der Waals surface area contributed by atoms with E-state index in [0.29, 0.717) is 0 Å².